The average molecular weight is 281 g/mol. The number of morpholine rings is 1. The van der Waals surface area contributed by atoms with Gasteiger partial charge in [0.25, 0.3) is 0 Å². The highest BCUT2D eigenvalue weighted by Gasteiger charge is 2.30. The van der Waals surface area contributed by atoms with E-state index in [1.165, 1.54) is 0 Å². The van der Waals surface area contributed by atoms with Gasteiger partial charge in [0.05, 0.1) is 25.9 Å². The molecule has 1 aliphatic rings. The molecule has 0 amide bonds. The molecular formula is C13H23N5O2. The van der Waals surface area contributed by atoms with Crippen LogP contribution in [0.3, 0.4) is 0 Å². The van der Waals surface area contributed by atoms with Crippen molar-refractivity contribution in [3.63, 3.8) is 0 Å². The molecule has 7 nitrogen and oxygen atoms in total. The van der Waals surface area contributed by atoms with E-state index >= 15 is 0 Å². The monoisotopic (exact) mass is 281 g/mol. The number of rotatable bonds is 5. The topological polar surface area (TPSA) is 85.5 Å². The van der Waals surface area contributed by atoms with Crippen LogP contribution in [0.25, 0.3) is 0 Å². The first kappa shape index (κ1) is 15.1. The van der Waals surface area contributed by atoms with E-state index in [4.69, 9.17) is 15.3 Å². The summed E-state index contributed by atoms with van der Waals surface area (Å²) in [7, 11) is 1.54. The molecule has 2 rings (SSSR count). The number of hydrazine groups is 1. The Labute approximate surface area is 119 Å². The Balaban J connectivity index is 2.10. The van der Waals surface area contributed by atoms with Crippen LogP contribution < -0.4 is 16.0 Å². The fourth-order valence-corrected chi connectivity index (χ4v) is 2.38. The van der Waals surface area contributed by atoms with Crippen LogP contribution in [-0.2, 0) is 4.74 Å². The van der Waals surface area contributed by atoms with Gasteiger partial charge in [-0.1, -0.05) is 0 Å². The minimum Gasteiger partial charge on any atom is -0.467 e. The molecule has 0 aliphatic carbocycles. The lowest BCUT2D eigenvalue weighted by atomic mass is 10.0. The second-order valence-corrected chi connectivity index (χ2v) is 5.15. The number of nitrogens with zero attached hydrogens (tertiary/aromatic N) is 3. The Kier molecular flexibility index (Phi) is 5.24. The second kappa shape index (κ2) is 6.94. The second-order valence-electron chi connectivity index (χ2n) is 5.15. The van der Waals surface area contributed by atoms with Crippen molar-refractivity contribution in [2.45, 2.75) is 32.0 Å². The van der Waals surface area contributed by atoms with E-state index < -0.39 is 0 Å². The summed E-state index contributed by atoms with van der Waals surface area (Å²) in [5, 5.41) is 0. The zero-order valence-corrected chi connectivity index (χ0v) is 12.2. The molecule has 1 saturated heterocycles. The summed E-state index contributed by atoms with van der Waals surface area (Å²) in [4.78, 5) is 10.6. The summed E-state index contributed by atoms with van der Waals surface area (Å²) < 4.78 is 10.8. The molecule has 0 aromatic carbocycles. The van der Waals surface area contributed by atoms with Gasteiger partial charge in [-0.05, 0) is 13.8 Å². The van der Waals surface area contributed by atoms with Crippen LogP contribution in [0.15, 0.2) is 12.4 Å². The van der Waals surface area contributed by atoms with Gasteiger partial charge in [0.15, 0.2) is 0 Å². The molecule has 20 heavy (non-hydrogen) atoms. The molecule has 3 N–H and O–H groups in total. The molecule has 1 aromatic heterocycles. The van der Waals surface area contributed by atoms with E-state index in [0.29, 0.717) is 18.7 Å². The number of hydrogen-bond acceptors (Lipinski definition) is 7. The minimum absolute atomic E-state index is 0.0202. The molecule has 2 unspecified atom stereocenters. The van der Waals surface area contributed by atoms with E-state index in [2.05, 4.69) is 34.1 Å². The maximum absolute atomic E-state index is 5.85. The molecule has 0 saturated carbocycles. The van der Waals surface area contributed by atoms with Gasteiger partial charge in [0.1, 0.15) is 0 Å². The summed E-state index contributed by atoms with van der Waals surface area (Å²) in [6.45, 7) is 6.86. The number of hydrogen-bond donors (Lipinski definition) is 2. The van der Waals surface area contributed by atoms with Gasteiger partial charge in [-0.2, -0.15) is 0 Å². The Morgan fingerprint density at radius 3 is 2.70 bits per heavy atom. The van der Waals surface area contributed by atoms with Crippen LogP contribution in [0, 0.1) is 0 Å². The Morgan fingerprint density at radius 1 is 1.45 bits per heavy atom. The standard InChI is InChI=1S/C13H23N5O2/c1-9(2)18-4-5-20-11(8-18)12(17-14)10-6-15-13(19-3)16-7-10/h6-7,9,11-12,17H,4-5,8,14H2,1-3H3. The first-order chi connectivity index (χ1) is 9.65. The molecule has 1 fully saturated rings. The molecule has 2 heterocycles. The lowest BCUT2D eigenvalue weighted by Crippen LogP contribution is -2.51. The van der Waals surface area contributed by atoms with Crippen molar-refractivity contribution < 1.29 is 9.47 Å². The molecular weight excluding hydrogens is 258 g/mol. The van der Waals surface area contributed by atoms with Crippen LogP contribution in [0.2, 0.25) is 0 Å². The highest BCUT2D eigenvalue weighted by Crippen LogP contribution is 2.22. The minimum atomic E-state index is -0.137. The van der Waals surface area contributed by atoms with Gasteiger partial charge in [-0.25, -0.2) is 9.97 Å². The lowest BCUT2D eigenvalue weighted by Gasteiger charge is -2.38. The van der Waals surface area contributed by atoms with Crippen LogP contribution in [0.5, 0.6) is 6.01 Å². The summed E-state index contributed by atoms with van der Waals surface area (Å²) >= 11 is 0. The van der Waals surface area contributed by atoms with E-state index in [1.54, 1.807) is 19.5 Å². The third kappa shape index (κ3) is 3.43. The number of ether oxygens (including phenoxy) is 2. The average Bonchev–Trinajstić information content (AvgIpc) is 2.49. The van der Waals surface area contributed by atoms with E-state index in [0.717, 1.165) is 18.7 Å². The Hall–Kier alpha value is -1.28. The summed E-state index contributed by atoms with van der Waals surface area (Å²) in [5.74, 6) is 5.69. The number of aromatic nitrogens is 2. The van der Waals surface area contributed by atoms with Crippen LogP contribution in [-0.4, -0.2) is 53.8 Å². The van der Waals surface area contributed by atoms with Gasteiger partial charge >= 0.3 is 6.01 Å². The third-order valence-electron chi connectivity index (χ3n) is 3.60. The van der Waals surface area contributed by atoms with Crippen LogP contribution in [0.4, 0.5) is 0 Å². The molecule has 2 atom stereocenters. The Bertz CT molecular complexity index is 412. The maximum Gasteiger partial charge on any atom is 0.316 e. The van der Waals surface area contributed by atoms with E-state index in [9.17, 15) is 0 Å². The van der Waals surface area contributed by atoms with Gasteiger partial charge in [-0.3, -0.25) is 16.2 Å². The maximum atomic E-state index is 5.85. The van der Waals surface area contributed by atoms with Crippen molar-refractivity contribution in [1.82, 2.24) is 20.3 Å². The van der Waals surface area contributed by atoms with Gasteiger partial charge in [0, 0.05) is 37.1 Å². The summed E-state index contributed by atoms with van der Waals surface area (Å²) in [6, 6.07) is 0.701. The van der Waals surface area contributed by atoms with Gasteiger partial charge < -0.3 is 9.47 Å². The van der Waals surface area contributed by atoms with Crippen LogP contribution in [0.1, 0.15) is 25.5 Å². The van der Waals surface area contributed by atoms with Crippen molar-refractivity contribution >= 4 is 0 Å². The van der Waals surface area contributed by atoms with Crippen molar-refractivity contribution in [1.29, 1.82) is 0 Å². The lowest BCUT2D eigenvalue weighted by molar-refractivity contribution is -0.0562. The molecule has 1 aliphatic heterocycles. The molecule has 7 heteroatoms. The van der Waals surface area contributed by atoms with Crippen LogP contribution >= 0.6 is 0 Å². The van der Waals surface area contributed by atoms with Crippen molar-refractivity contribution in [2.24, 2.45) is 5.84 Å². The Morgan fingerprint density at radius 2 is 2.15 bits per heavy atom. The predicted octanol–water partition coefficient (Wildman–Crippen LogP) is 0.0988. The van der Waals surface area contributed by atoms with Crippen molar-refractivity contribution in [3.8, 4) is 6.01 Å². The summed E-state index contributed by atoms with van der Waals surface area (Å²) in [5.41, 5.74) is 3.71. The number of methoxy groups -OCH3 is 1. The van der Waals surface area contributed by atoms with E-state index in [1.807, 2.05) is 0 Å². The van der Waals surface area contributed by atoms with Crippen molar-refractivity contribution in [2.75, 3.05) is 26.8 Å². The largest absolute Gasteiger partial charge is 0.467 e. The van der Waals surface area contributed by atoms with Gasteiger partial charge in [-0.15, -0.1) is 0 Å². The molecule has 0 spiro atoms. The molecule has 0 radical (unpaired) electrons. The summed E-state index contributed by atoms with van der Waals surface area (Å²) in [6.07, 6.45) is 3.41. The smallest absolute Gasteiger partial charge is 0.316 e. The predicted molar refractivity (Wildman–Crippen MR) is 75.1 cm³/mol. The molecule has 112 valence electrons. The van der Waals surface area contributed by atoms with E-state index in [-0.39, 0.29) is 12.1 Å². The fourth-order valence-electron chi connectivity index (χ4n) is 2.38. The quantitative estimate of drug-likeness (QED) is 0.584. The highest BCUT2D eigenvalue weighted by atomic mass is 16.5. The zero-order valence-electron chi connectivity index (χ0n) is 12.2. The fraction of sp³-hybridized carbons (Fsp3) is 0.692. The highest BCUT2D eigenvalue weighted by molar-refractivity contribution is 5.14. The first-order valence-corrected chi connectivity index (χ1v) is 6.83. The zero-order chi connectivity index (χ0) is 14.5. The molecule has 1 aromatic rings. The number of nitrogens with one attached hydrogen (secondary N) is 1. The SMILES string of the molecule is COc1ncc(C(NN)C2CN(C(C)C)CCO2)cn1. The first-order valence-electron chi connectivity index (χ1n) is 6.83. The van der Waals surface area contributed by atoms with Crippen molar-refractivity contribution in [3.05, 3.63) is 18.0 Å². The number of nitrogens with two attached hydrogens (primary N) is 1. The normalized spacial score (nSPS) is 21.9. The molecule has 0 bridgehead atoms. The van der Waals surface area contributed by atoms with Gasteiger partial charge in [0.2, 0.25) is 0 Å². The third-order valence-corrected chi connectivity index (χ3v) is 3.60.